The first-order chi connectivity index (χ1) is 15.7. The number of hydrogen-bond donors (Lipinski definition) is 0. The van der Waals surface area contributed by atoms with Gasteiger partial charge < -0.3 is 4.52 Å². The van der Waals surface area contributed by atoms with E-state index in [0.29, 0.717) is 28.4 Å². The van der Waals surface area contributed by atoms with Crippen LogP contribution in [0.1, 0.15) is 11.5 Å². The molecule has 7 nitrogen and oxygen atoms in total. The van der Waals surface area contributed by atoms with Crippen molar-refractivity contribution in [2.75, 3.05) is 0 Å². The van der Waals surface area contributed by atoms with Gasteiger partial charge in [0.05, 0.1) is 5.75 Å². The van der Waals surface area contributed by atoms with Gasteiger partial charge in [-0.15, -0.1) is 10.2 Å². The Bertz CT molecular complexity index is 1350. The minimum Gasteiger partial charge on any atom is -0.338 e. The van der Waals surface area contributed by atoms with E-state index in [0.717, 1.165) is 22.4 Å². The van der Waals surface area contributed by atoms with E-state index in [-0.39, 0.29) is 5.82 Å². The lowest BCUT2D eigenvalue weighted by molar-refractivity contribution is 0.391. The molecule has 158 valence electrons. The highest BCUT2D eigenvalue weighted by Crippen LogP contribution is 2.30. The zero-order valence-corrected chi connectivity index (χ0v) is 17.8. The van der Waals surface area contributed by atoms with E-state index in [4.69, 9.17) is 4.52 Å². The van der Waals surface area contributed by atoms with Crippen LogP contribution in [0.4, 0.5) is 4.39 Å². The van der Waals surface area contributed by atoms with Crippen molar-refractivity contribution in [3.05, 3.63) is 90.3 Å². The highest BCUT2D eigenvalue weighted by Gasteiger charge is 2.18. The molecule has 32 heavy (non-hydrogen) atoms. The predicted molar refractivity (Wildman–Crippen MR) is 119 cm³/mol. The maximum atomic E-state index is 13.5. The van der Waals surface area contributed by atoms with Gasteiger partial charge in [0.1, 0.15) is 5.82 Å². The van der Waals surface area contributed by atoms with Gasteiger partial charge in [0.25, 0.3) is 0 Å². The Morgan fingerprint density at radius 3 is 2.53 bits per heavy atom. The second-order valence-electron chi connectivity index (χ2n) is 6.97. The van der Waals surface area contributed by atoms with Crippen LogP contribution in [-0.4, -0.2) is 29.9 Å². The summed E-state index contributed by atoms with van der Waals surface area (Å²) in [5, 5.41) is 13.5. The van der Waals surface area contributed by atoms with E-state index < -0.39 is 0 Å². The molecule has 3 aromatic heterocycles. The van der Waals surface area contributed by atoms with Crippen molar-refractivity contribution < 1.29 is 8.91 Å². The molecule has 0 radical (unpaired) electrons. The minimum atomic E-state index is -0.309. The van der Waals surface area contributed by atoms with Crippen molar-refractivity contribution in [1.82, 2.24) is 29.9 Å². The van der Waals surface area contributed by atoms with Crippen LogP contribution in [0, 0.1) is 12.7 Å². The van der Waals surface area contributed by atoms with Crippen molar-refractivity contribution in [2.24, 2.45) is 0 Å². The molecule has 0 atom stereocenters. The second-order valence-corrected chi connectivity index (χ2v) is 7.91. The van der Waals surface area contributed by atoms with Crippen molar-refractivity contribution >= 4 is 11.8 Å². The Kier molecular flexibility index (Phi) is 5.47. The minimum absolute atomic E-state index is 0.309. The van der Waals surface area contributed by atoms with Crippen LogP contribution in [0.2, 0.25) is 0 Å². The number of hydrogen-bond acceptors (Lipinski definition) is 7. The summed E-state index contributed by atoms with van der Waals surface area (Å²) in [6, 6.07) is 17.8. The molecular weight excluding hydrogens is 427 g/mol. The molecule has 0 spiro atoms. The Labute approximate surface area is 187 Å². The van der Waals surface area contributed by atoms with Gasteiger partial charge in [-0.25, -0.2) is 4.39 Å². The lowest BCUT2D eigenvalue weighted by atomic mass is 10.1. The highest BCUT2D eigenvalue weighted by molar-refractivity contribution is 7.98. The fourth-order valence-corrected chi connectivity index (χ4v) is 4.04. The molecule has 5 aromatic rings. The topological polar surface area (TPSA) is 82.5 Å². The number of rotatable bonds is 6. The van der Waals surface area contributed by atoms with Crippen LogP contribution < -0.4 is 0 Å². The number of aryl methyl sites for hydroxylation is 1. The summed E-state index contributed by atoms with van der Waals surface area (Å²) in [6.45, 7) is 2.01. The lowest BCUT2D eigenvalue weighted by Crippen LogP contribution is -2.00. The molecule has 9 heteroatoms. The van der Waals surface area contributed by atoms with Gasteiger partial charge in [0.2, 0.25) is 11.7 Å². The molecule has 0 amide bonds. The molecule has 0 saturated carbocycles. The Morgan fingerprint density at radius 2 is 1.75 bits per heavy atom. The molecule has 0 bridgehead atoms. The molecule has 0 unspecified atom stereocenters. The standard InChI is InChI=1S/C23H17FN6OS/c1-15-4-2-3-5-19(15)21-26-20(31-29-21)14-32-23-28-27-22(16-10-12-25-13-11-16)30(23)18-8-6-17(24)7-9-18/h2-13H,14H2,1H3. The molecule has 5 rings (SSSR count). The number of benzene rings is 2. The number of pyridine rings is 1. The van der Waals surface area contributed by atoms with Crippen molar-refractivity contribution in [2.45, 2.75) is 17.8 Å². The van der Waals surface area contributed by atoms with Crippen molar-refractivity contribution in [3.63, 3.8) is 0 Å². The Balaban J connectivity index is 1.45. The van der Waals surface area contributed by atoms with Gasteiger partial charge in [-0.3, -0.25) is 9.55 Å². The largest absolute Gasteiger partial charge is 0.338 e. The SMILES string of the molecule is Cc1ccccc1-c1noc(CSc2nnc(-c3ccncc3)n2-c2ccc(F)cc2)n1. The van der Waals surface area contributed by atoms with Crippen LogP contribution in [-0.2, 0) is 5.75 Å². The molecule has 3 heterocycles. The average molecular weight is 444 g/mol. The third kappa shape index (κ3) is 4.02. The highest BCUT2D eigenvalue weighted by atomic mass is 32.2. The maximum absolute atomic E-state index is 13.5. The van der Waals surface area contributed by atoms with E-state index >= 15 is 0 Å². The average Bonchev–Trinajstić information content (AvgIpc) is 3.46. The second kappa shape index (κ2) is 8.72. The molecule has 0 aliphatic heterocycles. The molecular formula is C23H17FN6OS. The fourth-order valence-electron chi connectivity index (χ4n) is 3.25. The van der Waals surface area contributed by atoms with Gasteiger partial charge in [0.15, 0.2) is 11.0 Å². The number of nitrogens with zero attached hydrogens (tertiary/aromatic N) is 6. The summed E-state index contributed by atoms with van der Waals surface area (Å²) in [4.78, 5) is 8.58. The van der Waals surface area contributed by atoms with Crippen molar-refractivity contribution in [3.8, 4) is 28.5 Å². The molecule has 2 aromatic carbocycles. The van der Waals surface area contributed by atoms with Gasteiger partial charge in [0, 0.05) is 29.2 Å². The quantitative estimate of drug-likeness (QED) is 0.336. The third-order valence-electron chi connectivity index (χ3n) is 4.84. The zero-order chi connectivity index (χ0) is 21.9. The third-order valence-corrected chi connectivity index (χ3v) is 5.75. The molecule has 0 aliphatic rings. The van der Waals surface area contributed by atoms with Gasteiger partial charge in [-0.1, -0.05) is 41.2 Å². The van der Waals surface area contributed by atoms with E-state index in [1.807, 2.05) is 47.9 Å². The smallest absolute Gasteiger partial charge is 0.237 e. The van der Waals surface area contributed by atoms with Crippen LogP contribution in [0.25, 0.3) is 28.5 Å². The summed E-state index contributed by atoms with van der Waals surface area (Å²) in [6.07, 6.45) is 3.38. The first-order valence-electron chi connectivity index (χ1n) is 9.82. The van der Waals surface area contributed by atoms with E-state index in [1.165, 1.54) is 23.9 Å². The summed E-state index contributed by atoms with van der Waals surface area (Å²) < 4.78 is 20.8. The first kappa shape index (κ1) is 20.1. The van der Waals surface area contributed by atoms with Gasteiger partial charge in [-0.05, 0) is 48.9 Å². The number of halogens is 1. The Hall–Kier alpha value is -3.85. The van der Waals surface area contributed by atoms with E-state index in [2.05, 4.69) is 25.3 Å². The lowest BCUT2D eigenvalue weighted by Gasteiger charge is -2.09. The van der Waals surface area contributed by atoms with Crippen LogP contribution in [0.5, 0.6) is 0 Å². The Morgan fingerprint density at radius 1 is 0.969 bits per heavy atom. The van der Waals surface area contributed by atoms with E-state index in [1.54, 1.807) is 24.5 Å². The fraction of sp³-hybridized carbons (Fsp3) is 0.0870. The van der Waals surface area contributed by atoms with Crippen LogP contribution >= 0.6 is 11.8 Å². The summed E-state index contributed by atoms with van der Waals surface area (Å²) in [5.41, 5.74) is 3.60. The normalized spacial score (nSPS) is 11.1. The molecule has 0 fully saturated rings. The van der Waals surface area contributed by atoms with Crippen LogP contribution in [0.3, 0.4) is 0 Å². The molecule has 0 aliphatic carbocycles. The summed E-state index contributed by atoms with van der Waals surface area (Å²) in [7, 11) is 0. The molecule has 0 N–H and O–H groups in total. The van der Waals surface area contributed by atoms with Gasteiger partial charge in [-0.2, -0.15) is 4.98 Å². The number of thioether (sulfide) groups is 1. The van der Waals surface area contributed by atoms with E-state index in [9.17, 15) is 4.39 Å². The monoisotopic (exact) mass is 444 g/mol. The van der Waals surface area contributed by atoms with Gasteiger partial charge >= 0.3 is 0 Å². The predicted octanol–water partition coefficient (Wildman–Crippen LogP) is 5.12. The summed E-state index contributed by atoms with van der Waals surface area (Å²) >= 11 is 1.41. The number of aromatic nitrogens is 6. The maximum Gasteiger partial charge on any atom is 0.237 e. The zero-order valence-electron chi connectivity index (χ0n) is 17.0. The summed E-state index contributed by atoms with van der Waals surface area (Å²) in [5.74, 6) is 1.77. The van der Waals surface area contributed by atoms with Crippen molar-refractivity contribution in [1.29, 1.82) is 0 Å². The van der Waals surface area contributed by atoms with Crippen LogP contribution in [0.15, 0.2) is 82.7 Å². The molecule has 0 saturated heterocycles. The first-order valence-corrected chi connectivity index (χ1v) is 10.8.